The summed E-state index contributed by atoms with van der Waals surface area (Å²) >= 11 is 5.99. The van der Waals surface area contributed by atoms with Crippen LogP contribution in [0.1, 0.15) is 17.0 Å². The quantitative estimate of drug-likeness (QED) is 0.292. The van der Waals surface area contributed by atoms with Crippen molar-refractivity contribution in [2.45, 2.75) is 12.8 Å². The number of amides is 2. The van der Waals surface area contributed by atoms with Crippen LogP contribution in [0.3, 0.4) is 0 Å². The summed E-state index contributed by atoms with van der Waals surface area (Å²) in [5.41, 5.74) is 3.93. The van der Waals surface area contributed by atoms with Gasteiger partial charge in [0.05, 0.1) is 0 Å². The minimum absolute atomic E-state index is 0.382. The molecular formula is C10H10ClN3O2. The number of carbonyl (C=O) groups excluding carboxylic acids is 2. The Labute approximate surface area is 96.9 Å². The summed E-state index contributed by atoms with van der Waals surface area (Å²) in [5, 5.41) is 3.01. The van der Waals surface area contributed by atoms with Crippen LogP contribution in [0.5, 0.6) is 0 Å². The van der Waals surface area contributed by atoms with E-state index in [1.807, 2.05) is 12.3 Å². The van der Waals surface area contributed by atoms with Gasteiger partial charge in [-0.05, 0) is 18.6 Å². The predicted octanol–water partition coefficient (Wildman–Crippen LogP) is 0.674. The number of benzene rings is 1. The SMILES string of the molecule is Cc1ccc(Cl)c2c1NC(=O)C2C(=O)NN. The third-order valence-electron chi connectivity index (χ3n) is 2.60. The van der Waals surface area contributed by atoms with Gasteiger partial charge in [-0.15, -0.1) is 0 Å². The molecule has 1 aromatic carbocycles. The summed E-state index contributed by atoms with van der Waals surface area (Å²) in [7, 11) is 0. The monoisotopic (exact) mass is 239 g/mol. The van der Waals surface area contributed by atoms with E-state index in [1.54, 1.807) is 12.1 Å². The maximum absolute atomic E-state index is 11.6. The van der Waals surface area contributed by atoms with Gasteiger partial charge in [-0.25, -0.2) is 5.84 Å². The molecule has 16 heavy (non-hydrogen) atoms. The Kier molecular flexibility index (Phi) is 2.57. The molecule has 1 aromatic rings. The van der Waals surface area contributed by atoms with Crippen LogP contribution in [0.15, 0.2) is 12.1 Å². The van der Waals surface area contributed by atoms with E-state index in [1.165, 1.54) is 0 Å². The number of carbonyl (C=O) groups is 2. The fourth-order valence-corrected chi connectivity index (χ4v) is 2.08. The van der Waals surface area contributed by atoms with Crippen molar-refractivity contribution in [2.75, 3.05) is 5.32 Å². The number of anilines is 1. The largest absolute Gasteiger partial charge is 0.325 e. The van der Waals surface area contributed by atoms with Gasteiger partial charge in [0.25, 0.3) is 5.91 Å². The second kappa shape index (κ2) is 3.77. The number of halogens is 1. The molecule has 1 aliphatic heterocycles. The van der Waals surface area contributed by atoms with E-state index >= 15 is 0 Å². The zero-order chi connectivity index (χ0) is 11.9. The number of nitrogens with one attached hydrogen (secondary N) is 2. The lowest BCUT2D eigenvalue weighted by atomic mass is 9.98. The summed E-state index contributed by atoms with van der Waals surface area (Å²) in [4.78, 5) is 23.1. The zero-order valence-corrected chi connectivity index (χ0v) is 9.26. The summed E-state index contributed by atoms with van der Waals surface area (Å²) < 4.78 is 0. The smallest absolute Gasteiger partial charge is 0.251 e. The molecule has 5 nitrogen and oxygen atoms in total. The van der Waals surface area contributed by atoms with Crippen molar-refractivity contribution in [1.29, 1.82) is 0 Å². The molecule has 1 atom stereocenters. The van der Waals surface area contributed by atoms with E-state index in [2.05, 4.69) is 5.32 Å². The van der Waals surface area contributed by atoms with Gasteiger partial charge in [0.15, 0.2) is 0 Å². The van der Waals surface area contributed by atoms with Crippen LogP contribution in [-0.2, 0) is 9.59 Å². The minimum atomic E-state index is -0.965. The molecule has 0 aromatic heterocycles. The molecule has 84 valence electrons. The van der Waals surface area contributed by atoms with E-state index in [0.717, 1.165) is 5.56 Å². The maximum atomic E-state index is 11.6. The van der Waals surface area contributed by atoms with Gasteiger partial charge in [0.1, 0.15) is 5.92 Å². The van der Waals surface area contributed by atoms with Gasteiger partial charge in [0, 0.05) is 16.3 Å². The maximum Gasteiger partial charge on any atom is 0.251 e. The van der Waals surface area contributed by atoms with Crippen molar-refractivity contribution in [3.05, 3.63) is 28.3 Å². The third kappa shape index (κ3) is 1.45. The van der Waals surface area contributed by atoms with Crippen LogP contribution in [-0.4, -0.2) is 11.8 Å². The van der Waals surface area contributed by atoms with Crippen LogP contribution in [0.25, 0.3) is 0 Å². The predicted molar refractivity (Wildman–Crippen MR) is 59.9 cm³/mol. The molecule has 2 rings (SSSR count). The van der Waals surface area contributed by atoms with E-state index in [9.17, 15) is 9.59 Å². The van der Waals surface area contributed by atoms with E-state index in [0.29, 0.717) is 16.3 Å². The normalized spacial score (nSPS) is 17.9. The summed E-state index contributed by atoms with van der Waals surface area (Å²) in [5.74, 6) is 3.10. The Bertz CT molecular complexity index is 487. The van der Waals surface area contributed by atoms with E-state index in [4.69, 9.17) is 17.4 Å². The van der Waals surface area contributed by atoms with Gasteiger partial charge in [-0.1, -0.05) is 17.7 Å². The van der Waals surface area contributed by atoms with Gasteiger partial charge in [-0.3, -0.25) is 15.0 Å². The van der Waals surface area contributed by atoms with Crippen LogP contribution in [0, 0.1) is 6.92 Å². The first-order chi connectivity index (χ1) is 7.56. The van der Waals surface area contributed by atoms with Crippen molar-refractivity contribution in [2.24, 2.45) is 5.84 Å². The second-order valence-electron chi connectivity index (χ2n) is 3.58. The van der Waals surface area contributed by atoms with Crippen molar-refractivity contribution in [1.82, 2.24) is 5.43 Å². The number of rotatable bonds is 1. The van der Waals surface area contributed by atoms with Crippen LogP contribution < -0.4 is 16.6 Å². The van der Waals surface area contributed by atoms with Crippen LogP contribution >= 0.6 is 11.6 Å². The fourth-order valence-electron chi connectivity index (χ4n) is 1.81. The molecule has 0 fully saturated rings. The first kappa shape index (κ1) is 10.9. The second-order valence-corrected chi connectivity index (χ2v) is 3.99. The van der Waals surface area contributed by atoms with Gasteiger partial charge >= 0.3 is 0 Å². The van der Waals surface area contributed by atoms with Gasteiger partial charge < -0.3 is 5.32 Å². The number of hydrazine groups is 1. The highest BCUT2D eigenvalue weighted by Gasteiger charge is 2.38. The number of nitrogens with two attached hydrogens (primary N) is 1. The van der Waals surface area contributed by atoms with Crippen LogP contribution in [0.4, 0.5) is 5.69 Å². The summed E-state index contributed by atoms with van der Waals surface area (Å²) in [6.07, 6.45) is 0. The highest BCUT2D eigenvalue weighted by atomic mass is 35.5. The molecule has 0 aliphatic carbocycles. The Morgan fingerprint density at radius 3 is 2.88 bits per heavy atom. The highest BCUT2D eigenvalue weighted by molar-refractivity contribution is 6.34. The van der Waals surface area contributed by atoms with Gasteiger partial charge in [0.2, 0.25) is 5.91 Å². The lowest BCUT2D eigenvalue weighted by Gasteiger charge is -2.09. The third-order valence-corrected chi connectivity index (χ3v) is 2.93. The lowest BCUT2D eigenvalue weighted by molar-refractivity contribution is -0.128. The first-order valence-electron chi connectivity index (χ1n) is 4.66. The molecule has 0 radical (unpaired) electrons. The first-order valence-corrected chi connectivity index (χ1v) is 5.04. The summed E-state index contributed by atoms with van der Waals surface area (Å²) in [6.45, 7) is 1.83. The molecule has 0 bridgehead atoms. The average Bonchev–Trinajstić information content (AvgIpc) is 2.61. The molecule has 1 aliphatic rings. The standard InChI is InChI=1S/C10H10ClN3O2/c1-4-2-3-5(11)6-7(10(16)14-12)9(15)13-8(4)6/h2-3,7H,12H2,1H3,(H,13,15)(H,14,16). The topological polar surface area (TPSA) is 84.2 Å². The number of aryl methyl sites for hydroxylation is 1. The van der Waals surface area contributed by atoms with Crippen molar-refractivity contribution in [3.63, 3.8) is 0 Å². The lowest BCUT2D eigenvalue weighted by Crippen LogP contribution is -2.37. The van der Waals surface area contributed by atoms with Crippen molar-refractivity contribution >= 4 is 29.1 Å². The molecule has 4 N–H and O–H groups in total. The molecule has 0 spiro atoms. The Morgan fingerprint density at radius 1 is 1.56 bits per heavy atom. The van der Waals surface area contributed by atoms with Crippen molar-refractivity contribution < 1.29 is 9.59 Å². The number of fused-ring (bicyclic) bond motifs is 1. The molecular weight excluding hydrogens is 230 g/mol. The fraction of sp³-hybridized carbons (Fsp3) is 0.200. The van der Waals surface area contributed by atoms with E-state index < -0.39 is 17.7 Å². The Balaban J connectivity index is 2.60. The number of hydrogen-bond acceptors (Lipinski definition) is 3. The summed E-state index contributed by atoms with van der Waals surface area (Å²) in [6, 6.07) is 3.44. The Morgan fingerprint density at radius 2 is 2.25 bits per heavy atom. The average molecular weight is 240 g/mol. The zero-order valence-electron chi connectivity index (χ0n) is 8.50. The van der Waals surface area contributed by atoms with Crippen molar-refractivity contribution in [3.8, 4) is 0 Å². The minimum Gasteiger partial charge on any atom is -0.325 e. The molecule has 6 heteroatoms. The number of hydrogen-bond donors (Lipinski definition) is 3. The van der Waals surface area contributed by atoms with E-state index in [-0.39, 0.29) is 0 Å². The van der Waals surface area contributed by atoms with Crippen LogP contribution in [0.2, 0.25) is 5.02 Å². The molecule has 2 amide bonds. The highest BCUT2D eigenvalue weighted by Crippen LogP contribution is 2.39. The molecule has 1 heterocycles. The van der Waals surface area contributed by atoms with Gasteiger partial charge in [-0.2, -0.15) is 0 Å². The molecule has 0 saturated heterocycles. The molecule has 0 saturated carbocycles. The molecule has 1 unspecified atom stereocenters. The Hall–Kier alpha value is -1.59.